The maximum Gasteiger partial charge on any atom is 0.212 e. The highest BCUT2D eigenvalue weighted by Crippen LogP contribution is 2.11. The van der Waals surface area contributed by atoms with Gasteiger partial charge >= 0.3 is 0 Å². The van der Waals surface area contributed by atoms with Gasteiger partial charge in [0, 0.05) is 12.7 Å². The van der Waals surface area contributed by atoms with Gasteiger partial charge in [0.05, 0.1) is 0 Å². The standard InChI is InChI=1S/C9H11FN2/c10-9-3-2-8(6-11-9)7-12-4-1-5-12/h2-3,6H,1,4-5,7H2. The summed E-state index contributed by atoms with van der Waals surface area (Å²) in [5.41, 5.74) is 1.09. The molecule has 1 aliphatic heterocycles. The number of hydrogen-bond donors (Lipinski definition) is 0. The van der Waals surface area contributed by atoms with Crippen molar-refractivity contribution in [1.82, 2.24) is 9.88 Å². The molecule has 1 aromatic heterocycles. The van der Waals surface area contributed by atoms with Crippen LogP contribution < -0.4 is 0 Å². The first-order chi connectivity index (χ1) is 5.84. The number of rotatable bonds is 2. The number of nitrogens with zero attached hydrogens (tertiary/aromatic N) is 2. The second kappa shape index (κ2) is 3.19. The molecule has 1 aromatic rings. The summed E-state index contributed by atoms with van der Waals surface area (Å²) in [6, 6.07) is 3.20. The third-order valence-corrected chi connectivity index (χ3v) is 2.14. The minimum atomic E-state index is -0.401. The van der Waals surface area contributed by atoms with Crippen molar-refractivity contribution >= 4 is 0 Å². The summed E-state index contributed by atoms with van der Waals surface area (Å²) in [4.78, 5) is 5.91. The molecule has 12 heavy (non-hydrogen) atoms. The molecule has 1 fully saturated rings. The zero-order valence-electron chi connectivity index (χ0n) is 6.83. The molecule has 2 heterocycles. The van der Waals surface area contributed by atoms with Crippen molar-refractivity contribution in [2.75, 3.05) is 13.1 Å². The summed E-state index contributed by atoms with van der Waals surface area (Å²) in [7, 11) is 0. The zero-order valence-corrected chi connectivity index (χ0v) is 6.83. The van der Waals surface area contributed by atoms with Crippen LogP contribution in [0.2, 0.25) is 0 Å². The van der Waals surface area contributed by atoms with E-state index in [9.17, 15) is 4.39 Å². The molecule has 0 unspecified atom stereocenters. The predicted molar refractivity (Wildman–Crippen MR) is 44.1 cm³/mol. The number of pyridine rings is 1. The van der Waals surface area contributed by atoms with Gasteiger partial charge < -0.3 is 0 Å². The van der Waals surface area contributed by atoms with Crippen molar-refractivity contribution in [2.45, 2.75) is 13.0 Å². The van der Waals surface area contributed by atoms with Gasteiger partial charge in [0.15, 0.2) is 0 Å². The average molecular weight is 166 g/mol. The van der Waals surface area contributed by atoms with Crippen molar-refractivity contribution in [1.29, 1.82) is 0 Å². The first-order valence-corrected chi connectivity index (χ1v) is 4.17. The topological polar surface area (TPSA) is 16.1 Å². The Bertz CT molecular complexity index is 254. The zero-order chi connectivity index (χ0) is 8.39. The maximum absolute atomic E-state index is 12.4. The van der Waals surface area contributed by atoms with Gasteiger partial charge in [-0.15, -0.1) is 0 Å². The molecular formula is C9H11FN2. The molecule has 0 bridgehead atoms. The van der Waals surface area contributed by atoms with Gasteiger partial charge in [-0.2, -0.15) is 4.39 Å². The lowest BCUT2D eigenvalue weighted by molar-refractivity contribution is 0.172. The van der Waals surface area contributed by atoms with Gasteiger partial charge in [-0.3, -0.25) is 4.90 Å². The van der Waals surface area contributed by atoms with E-state index in [2.05, 4.69) is 9.88 Å². The van der Waals surface area contributed by atoms with Gasteiger partial charge in [0.1, 0.15) is 0 Å². The molecule has 0 spiro atoms. The highest BCUT2D eigenvalue weighted by Gasteiger charge is 2.13. The molecule has 0 radical (unpaired) electrons. The van der Waals surface area contributed by atoms with Crippen LogP contribution in [0.15, 0.2) is 18.3 Å². The fraction of sp³-hybridized carbons (Fsp3) is 0.444. The van der Waals surface area contributed by atoms with Crippen LogP contribution in [-0.2, 0) is 6.54 Å². The molecule has 1 aliphatic rings. The van der Waals surface area contributed by atoms with E-state index in [0.29, 0.717) is 0 Å². The van der Waals surface area contributed by atoms with E-state index >= 15 is 0 Å². The number of hydrogen-bond acceptors (Lipinski definition) is 2. The first kappa shape index (κ1) is 7.68. The Morgan fingerprint density at radius 1 is 1.42 bits per heavy atom. The Balaban J connectivity index is 1.98. The van der Waals surface area contributed by atoms with Crippen LogP contribution >= 0.6 is 0 Å². The molecule has 1 saturated heterocycles. The molecule has 0 atom stereocenters. The maximum atomic E-state index is 12.4. The second-order valence-electron chi connectivity index (χ2n) is 3.12. The Labute approximate surface area is 71.0 Å². The van der Waals surface area contributed by atoms with Crippen molar-refractivity contribution in [2.24, 2.45) is 0 Å². The third-order valence-electron chi connectivity index (χ3n) is 2.14. The Kier molecular flexibility index (Phi) is 2.04. The summed E-state index contributed by atoms with van der Waals surface area (Å²) in [5, 5.41) is 0. The summed E-state index contributed by atoms with van der Waals surface area (Å²) in [6.07, 6.45) is 2.89. The van der Waals surface area contributed by atoms with Crippen LogP contribution in [0.1, 0.15) is 12.0 Å². The molecule has 64 valence electrons. The van der Waals surface area contributed by atoms with Gasteiger partial charge in [0.25, 0.3) is 0 Å². The van der Waals surface area contributed by atoms with Gasteiger partial charge in [-0.25, -0.2) is 4.98 Å². The third kappa shape index (κ3) is 1.61. The number of aromatic nitrogens is 1. The fourth-order valence-electron chi connectivity index (χ4n) is 1.30. The largest absolute Gasteiger partial charge is 0.299 e. The lowest BCUT2D eigenvalue weighted by Crippen LogP contribution is -2.36. The predicted octanol–water partition coefficient (Wildman–Crippen LogP) is 1.43. The van der Waals surface area contributed by atoms with E-state index in [0.717, 1.165) is 25.2 Å². The Morgan fingerprint density at radius 3 is 2.75 bits per heavy atom. The second-order valence-corrected chi connectivity index (χ2v) is 3.12. The number of likely N-dealkylation sites (tertiary alicyclic amines) is 1. The summed E-state index contributed by atoms with van der Waals surface area (Å²) in [6.45, 7) is 3.24. The lowest BCUT2D eigenvalue weighted by Gasteiger charge is -2.30. The summed E-state index contributed by atoms with van der Waals surface area (Å²) in [5.74, 6) is -0.401. The van der Waals surface area contributed by atoms with Crippen LogP contribution in [0.4, 0.5) is 4.39 Å². The van der Waals surface area contributed by atoms with Crippen LogP contribution in [0.5, 0.6) is 0 Å². The Morgan fingerprint density at radius 2 is 2.25 bits per heavy atom. The van der Waals surface area contributed by atoms with E-state index in [1.54, 1.807) is 12.3 Å². The van der Waals surface area contributed by atoms with Gasteiger partial charge in [-0.1, -0.05) is 6.07 Å². The van der Waals surface area contributed by atoms with E-state index < -0.39 is 5.95 Å². The molecule has 2 nitrogen and oxygen atoms in total. The van der Waals surface area contributed by atoms with E-state index in [1.807, 2.05) is 0 Å². The normalized spacial score (nSPS) is 17.4. The highest BCUT2D eigenvalue weighted by atomic mass is 19.1. The fourth-order valence-corrected chi connectivity index (χ4v) is 1.30. The van der Waals surface area contributed by atoms with Crippen LogP contribution in [-0.4, -0.2) is 23.0 Å². The monoisotopic (exact) mass is 166 g/mol. The van der Waals surface area contributed by atoms with E-state index in [4.69, 9.17) is 0 Å². The minimum absolute atomic E-state index is 0.401. The molecule has 0 aromatic carbocycles. The first-order valence-electron chi connectivity index (χ1n) is 4.17. The summed E-state index contributed by atoms with van der Waals surface area (Å²) < 4.78 is 12.4. The van der Waals surface area contributed by atoms with Crippen molar-refractivity contribution in [3.63, 3.8) is 0 Å². The molecule has 0 amide bonds. The smallest absolute Gasteiger partial charge is 0.212 e. The van der Waals surface area contributed by atoms with Crippen LogP contribution in [0.3, 0.4) is 0 Å². The van der Waals surface area contributed by atoms with Crippen LogP contribution in [0.25, 0.3) is 0 Å². The summed E-state index contributed by atoms with van der Waals surface area (Å²) >= 11 is 0. The van der Waals surface area contributed by atoms with Gasteiger partial charge in [-0.05, 0) is 31.1 Å². The molecule has 3 heteroatoms. The van der Waals surface area contributed by atoms with E-state index in [1.165, 1.54) is 12.5 Å². The van der Waals surface area contributed by atoms with Crippen molar-refractivity contribution in [3.05, 3.63) is 29.8 Å². The lowest BCUT2D eigenvalue weighted by atomic mass is 10.2. The molecule has 2 rings (SSSR count). The Hall–Kier alpha value is -0.960. The van der Waals surface area contributed by atoms with Crippen molar-refractivity contribution < 1.29 is 4.39 Å². The molecule has 0 saturated carbocycles. The van der Waals surface area contributed by atoms with Gasteiger partial charge in [0.2, 0.25) is 5.95 Å². The molecular weight excluding hydrogens is 155 g/mol. The SMILES string of the molecule is Fc1ccc(CN2CCC2)cn1. The molecule has 0 aliphatic carbocycles. The van der Waals surface area contributed by atoms with E-state index in [-0.39, 0.29) is 0 Å². The quantitative estimate of drug-likeness (QED) is 0.618. The number of halogens is 1. The minimum Gasteiger partial charge on any atom is -0.299 e. The average Bonchev–Trinajstić information content (AvgIpc) is 2.00. The highest BCUT2D eigenvalue weighted by molar-refractivity contribution is 5.09. The van der Waals surface area contributed by atoms with Crippen LogP contribution in [0, 0.1) is 5.95 Å². The molecule has 0 N–H and O–H groups in total. The van der Waals surface area contributed by atoms with Crippen molar-refractivity contribution in [3.8, 4) is 0 Å².